The Labute approximate surface area is 190 Å². The number of nitrogens with zero attached hydrogens (tertiary/aromatic N) is 2. The van der Waals surface area contributed by atoms with Crippen LogP contribution in [-0.4, -0.2) is 15.9 Å². The summed E-state index contributed by atoms with van der Waals surface area (Å²) in [4.78, 5) is 22.7. The lowest BCUT2D eigenvalue weighted by Crippen LogP contribution is -2.54. The van der Waals surface area contributed by atoms with E-state index in [2.05, 4.69) is 31.8 Å². The van der Waals surface area contributed by atoms with Crippen molar-refractivity contribution in [1.29, 1.82) is 0 Å². The van der Waals surface area contributed by atoms with Gasteiger partial charge in [-0.15, -0.1) is 0 Å². The van der Waals surface area contributed by atoms with Crippen molar-refractivity contribution in [2.24, 2.45) is 23.2 Å². The fraction of sp³-hybridized carbons (Fsp3) is 0.400. The van der Waals surface area contributed by atoms with Gasteiger partial charge in [0.25, 0.3) is 0 Å². The minimum atomic E-state index is -0.203. The Balaban J connectivity index is 1.29. The lowest BCUT2D eigenvalue weighted by Gasteiger charge is -2.55. The number of carbonyl (C=O) groups excluding carboxylic acids is 1. The number of amides is 1. The maximum absolute atomic E-state index is 13.3. The zero-order valence-corrected chi connectivity index (χ0v) is 18.9. The summed E-state index contributed by atoms with van der Waals surface area (Å²) in [6.07, 6.45) is 7.08. The lowest BCUT2D eigenvalue weighted by atomic mass is 9.49. The number of anilines is 1. The Morgan fingerprint density at radius 3 is 2.29 bits per heavy atom. The van der Waals surface area contributed by atoms with Crippen LogP contribution >= 0.6 is 15.9 Å². The van der Waals surface area contributed by atoms with E-state index < -0.39 is 0 Å². The number of benzene rings is 2. The molecule has 0 radical (unpaired) electrons. The molecule has 0 atom stereocenters. The van der Waals surface area contributed by atoms with Gasteiger partial charge in [-0.3, -0.25) is 15.6 Å². The van der Waals surface area contributed by atoms with Gasteiger partial charge in [0, 0.05) is 15.4 Å². The van der Waals surface area contributed by atoms with E-state index in [-0.39, 0.29) is 11.3 Å². The molecule has 2 aromatic carbocycles. The second-order valence-corrected chi connectivity index (χ2v) is 10.6. The predicted molar refractivity (Wildman–Crippen MR) is 125 cm³/mol. The van der Waals surface area contributed by atoms with E-state index >= 15 is 0 Å². The number of aromatic nitrogens is 2. The number of rotatable bonds is 4. The molecule has 4 saturated carbocycles. The van der Waals surface area contributed by atoms with Crippen molar-refractivity contribution in [3.05, 3.63) is 53.0 Å². The van der Waals surface area contributed by atoms with Crippen LogP contribution in [0.5, 0.6) is 0 Å². The predicted octanol–water partition coefficient (Wildman–Crippen LogP) is 5.72. The molecule has 158 valence electrons. The molecule has 7 rings (SSSR count). The standard InChI is InChI=1S/C25H25BrN4O/c26-19-6-7-21-20(11-19)22(18-4-2-1-3-5-18)28-24(27-21)30-29-23(31)25-12-15-8-16(13-25)10-17(9-15)14-25/h1-7,11,15-17H,8-10,12-14H2,(H,29,31)(H,27,28,30). The highest BCUT2D eigenvalue weighted by Crippen LogP contribution is 2.60. The highest BCUT2D eigenvalue weighted by Gasteiger charge is 2.54. The molecule has 0 saturated heterocycles. The first-order valence-corrected chi connectivity index (χ1v) is 12.0. The minimum Gasteiger partial charge on any atom is -0.273 e. The zero-order valence-electron chi connectivity index (χ0n) is 17.3. The van der Waals surface area contributed by atoms with Crippen LogP contribution < -0.4 is 10.9 Å². The topological polar surface area (TPSA) is 66.9 Å². The van der Waals surface area contributed by atoms with Crippen LogP contribution in [0, 0.1) is 23.2 Å². The lowest BCUT2D eigenvalue weighted by molar-refractivity contribution is -0.145. The molecule has 1 aromatic heterocycles. The Morgan fingerprint density at radius 2 is 1.61 bits per heavy atom. The van der Waals surface area contributed by atoms with Crippen LogP contribution in [0.15, 0.2) is 53.0 Å². The van der Waals surface area contributed by atoms with Crippen molar-refractivity contribution in [1.82, 2.24) is 15.4 Å². The maximum Gasteiger partial charge on any atom is 0.244 e. The molecule has 4 aliphatic carbocycles. The van der Waals surface area contributed by atoms with E-state index in [1.54, 1.807) is 0 Å². The minimum absolute atomic E-state index is 0.118. The van der Waals surface area contributed by atoms with Crippen LogP contribution in [0.25, 0.3) is 22.2 Å². The summed E-state index contributed by atoms with van der Waals surface area (Å²) in [5.41, 5.74) is 8.54. The molecule has 4 aliphatic rings. The molecule has 1 heterocycles. The third kappa shape index (κ3) is 3.41. The molecule has 4 bridgehead atoms. The Hall–Kier alpha value is -2.47. The van der Waals surface area contributed by atoms with Gasteiger partial charge >= 0.3 is 0 Å². The highest BCUT2D eigenvalue weighted by molar-refractivity contribution is 9.10. The molecule has 0 aliphatic heterocycles. The number of hydrogen-bond acceptors (Lipinski definition) is 4. The van der Waals surface area contributed by atoms with Gasteiger partial charge in [-0.05, 0) is 74.5 Å². The molecule has 0 spiro atoms. The molecule has 2 N–H and O–H groups in total. The van der Waals surface area contributed by atoms with Crippen LogP contribution in [0.4, 0.5) is 5.95 Å². The third-order valence-electron chi connectivity index (χ3n) is 7.51. The first kappa shape index (κ1) is 19.2. The van der Waals surface area contributed by atoms with E-state index in [4.69, 9.17) is 4.98 Å². The molecule has 3 aromatic rings. The molecule has 5 nitrogen and oxygen atoms in total. The number of hydrogen-bond donors (Lipinski definition) is 2. The summed E-state index contributed by atoms with van der Waals surface area (Å²) in [5, 5.41) is 0.971. The maximum atomic E-state index is 13.3. The highest BCUT2D eigenvalue weighted by atomic mass is 79.9. The first-order valence-electron chi connectivity index (χ1n) is 11.2. The largest absolute Gasteiger partial charge is 0.273 e. The summed E-state index contributed by atoms with van der Waals surface area (Å²) in [6.45, 7) is 0. The van der Waals surface area contributed by atoms with E-state index in [0.29, 0.717) is 5.95 Å². The Bertz CT molecular complexity index is 1130. The average molecular weight is 477 g/mol. The Kier molecular flexibility index (Phi) is 4.53. The van der Waals surface area contributed by atoms with Gasteiger partial charge in [-0.2, -0.15) is 0 Å². The molecular formula is C25H25BrN4O. The summed E-state index contributed by atoms with van der Waals surface area (Å²) in [5.74, 6) is 2.74. The Morgan fingerprint density at radius 1 is 0.935 bits per heavy atom. The zero-order chi connectivity index (χ0) is 21.0. The summed E-state index contributed by atoms with van der Waals surface area (Å²) >= 11 is 3.56. The third-order valence-corrected chi connectivity index (χ3v) is 8.01. The number of hydrazine groups is 1. The molecule has 1 amide bonds. The van der Waals surface area contributed by atoms with Gasteiger partial charge in [-0.25, -0.2) is 9.97 Å². The average Bonchev–Trinajstić information content (AvgIpc) is 2.76. The normalized spacial score (nSPS) is 28.6. The summed E-state index contributed by atoms with van der Waals surface area (Å²) < 4.78 is 0.983. The molecule has 6 heteroatoms. The van der Waals surface area contributed by atoms with E-state index in [0.717, 1.165) is 63.6 Å². The van der Waals surface area contributed by atoms with Crippen LogP contribution in [0.1, 0.15) is 38.5 Å². The van der Waals surface area contributed by atoms with E-state index in [9.17, 15) is 4.79 Å². The van der Waals surface area contributed by atoms with Crippen molar-refractivity contribution in [3.63, 3.8) is 0 Å². The number of nitrogens with one attached hydrogen (secondary N) is 2. The van der Waals surface area contributed by atoms with Crippen molar-refractivity contribution in [3.8, 4) is 11.3 Å². The second-order valence-electron chi connectivity index (χ2n) is 9.70. The van der Waals surface area contributed by atoms with Gasteiger partial charge in [0.05, 0.1) is 16.6 Å². The number of fused-ring (bicyclic) bond motifs is 1. The quantitative estimate of drug-likeness (QED) is 0.472. The van der Waals surface area contributed by atoms with Crippen molar-refractivity contribution < 1.29 is 4.79 Å². The van der Waals surface area contributed by atoms with Crippen molar-refractivity contribution >= 4 is 38.7 Å². The van der Waals surface area contributed by atoms with Gasteiger partial charge in [0.15, 0.2) is 0 Å². The SMILES string of the molecule is O=C(NNc1nc(-c2ccccc2)c2cc(Br)ccc2n1)C12CC3CC(CC(C3)C1)C2. The summed E-state index contributed by atoms with van der Waals surface area (Å²) in [6, 6.07) is 16.1. The van der Waals surface area contributed by atoms with E-state index in [1.165, 1.54) is 19.3 Å². The van der Waals surface area contributed by atoms with Crippen LogP contribution in [-0.2, 0) is 4.79 Å². The smallest absolute Gasteiger partial charge is 0.244 e. The van der Waals surface area contributed by atoms with Crippen molar-refractivity contribution in [2.75, 3.05) is 5.43 Å². The van der Waals surface area contributed by atoms with Crippen molar-refractivity contribution in [2.45, 2.75) is 38.5 Å². The van der Waals surface area contributed by atoms with E-state index in [1.807, 2.05) is 48.5 Å². The van der Waals surface area contributed by atoms with Gasteiger partial charge in [-0.1, -0.05) is 46.3 Å². The monoisotopic (exact) mass is 476 g/mol. The van der Waals surface area contributed by atoms with Gasteiger partial charge < -0.3 is 0 Å². The molecule has 31 heavy (non-hydrogen) atoms. The fourth-order valence-electron chi connectivity index (χ4n) is 6.61. The summed E-state index contributed by atoms with van der Waals surface area (Å²) in [7, 11) is 0. The van der Waals surface area contributed by atoms with Crippen LogP contribution in [0.3, 0.4) is 0 Å². The van der Waals surface area contributed by atoms with Crippen LogP contribution in [0.2, 0.25) is 0 Å². The molecular weight excluding hydrogens is 452 g/mol. The first-order chi connectivity index (χ1) is 15.1. The second kappa shape index (κ2) is 7.30. The van der Waals surface area contributed by atoms with Gasteiger partial charge in [0.2, 0.25) is 11.9 Å². The molecule has 4 fully saturated rings. The molecule has 0 unspecified atom stereocenters. The number of carbonyl (C=O) groups is 1. The number of halogens is 1. The van der Waals surface area contributed by atoms with Gasteiger partial charge in [0.1, 0.15) is 0 Å². The fourth-order valence-corrected chi connectivity index (χ4v) is 6.97.